The molecule has 0 fully saturated rings. The number of hydrogen-bond acceptors (Lipinski definition) is 3. The minimum atomic E-state index is -1.14. The van der Waals surface area contributed by atoms with Gasteiger partial charge >= 0.3 is 5.97 Å². The smallest absolute Gasteiger partial charge is 0.337 e. The number of hydrogen-bond donors (Lipinski definition) is 1. The molecule has 0 amide bonds. The molecule has 5 heteroatoms. The lowest BCUT2D eigenvalue weighted by molar-refractivity contribution is -0.162. The maximum absolute atomic E-state index is 12.4. The summed E-state index contributed by atoms with van der Waals surface area (Å²) in [6.45, 7) is 9.73. The van der Waals surface area contributed by atoms with Gasteiger partial charge < -0.3 is 9.84 Å². The molecule has 1 unspecified atom stereocenters. The van der Waals surface area contributed by atoms with E-state index in [2.05, 4.69) is 19.1 Å². The highest BCUT2D eigenvalue weighted by molar-refractivity contribution is 6.31. The lowest BCUT2D eigenvalue weighted by Gasteiger charge is -2.30. The van der Waals surface area contributed by atoms with Gasteiger partial charge in [0.1, 0.15) is 0 Å². The molecule has 30 heavy (non-hydrogen) atoms. The van der Waals surface area contributed by atoms with Crippen molar-refractivity contribution in [2.24, 2.45) is 0 Å². The van der Waals surface area contributed by atoms with Crippen LogP contribution < -0.4 is 0 Å². The predicted molar refractivity (Wildman–Crippen MR) is 122 cm³/mol. The molecule has 3 aromatic rings. The number of nitrogens with zero attached hydrogens (tertiary/aromatic N) is 1. The van der Waals surface area contributed by atoms with Crippen LogP contribution in [-0.4, -0.2) is 21.7 Å². The van der Waals surface area contributed by atoms with Crippen LogP contribution in [0.5, 0.6) is 0 Å². The highest BCUT2D eigenvalue weighted by Gasteiger charge is 2.33. The second-order valence-electron chi connectivity index (χ2n) is 8.15. The summed E-state index contributed by atoms with van der Waals surface area (Å²) in [5.41, 5.74) is 4.33. The van der Waals surface area contributed by atoms with Crippen LogP contribution in [0.3, 0.4) is 0 Å². The number of ether oxygens (including phenoxy) is 1. The largest absolute Gasteiger partial charge is 0.479 e. The number of carboxylic acids is 1. The number of rotatable bonds is 7. The monoisotopic (exact) mass is 425 g/mol. The number of aliphatic carboxylic acids is 1. The van der Waals surface area contributed by atoms with Crippen molar-refractivity contribution in [2.45, 2.75) is 59.2 Å². The van der Waals surface area contributed by atoms with Gasteiger partial charge in [0.2, 0.25) is 0 Å². The Morgan fingerprint density at radius 2 is 1.83 bits per heavy atom. The van der Waals surface area contributed by atoms with E-state index in [0.29, 0.717) is 22.7 Å². The van der Waals surface area contributed by atoms with Crippen LogP contribution in [0, 0.1) is 6.92 Å². The van der Waals surface area contributed by atoms with Gasteiger partial charge in [0.25, 0.3) is 0 Å². The Labute approximate surface area is 182 Å². The number of aryl methyl sites for hydroxylation is 2. The molecule has 0 aliphatic heterocycles. The van der Waals surface area contributed by atoms with E-state index in [1.165, 1.54) is 5.56 Å². The first-order chi connectivity index (χ1) is 14.2. The average Bonchev–Trinajstić information content (AvgIpc) is 2.71. The quantitative estimate of drug-likeness (QED) is 0.454. The van der Waals surface area contributed by atoms with Gasteiger partial charge in [0, 0.05) is 21.7 Å². The van der Waals surface area contributed by atoms with Gasteiger partial charge in [-0.25, -0.2) is 4.79 Å². The zero-order valence-corrected chi connectivity index (χ0v) is 18.9. The molecule has 0 saturated carbocycles. The molecule has 0 bridgehead atoms. The van der Waals surface area contributed by atoms with Crippen LogP contribution >= 0.6 is 11.6 Å². The third kappa shape index (κ3) is 4.50. The third-order valence-corrected chi connectivity index (χ3v) is 5.84. The number of carboxylic acid groups (broad SMARTS) is 1. The average molecular weight is 426 g/mol. The standard InChI is InChI=1S/C25H28ClNO3/c1-6-16-8-10-17(11-9-16)22-19-14-18(26)12-13-20(19)27-15(3)21(22)23(24(28)29)30-25(4,5)7-2/h8-14,23H,6-7H2,1-5H3,(H,28,29). The number of halogens is 1. The fourth-order valence-corrected chi connectivity index (χ4v) is 3.72. The molecule has 1 N–H and O–H groups in total. The number of fused-ring (bicyclic) bond motifs is 1. The summed E-state index contributed by atoms with van der Waals surface area (Å²) < 4.78 is 6.13. The van der Waals surface area contributed by atoms with Crippen LogP contribution in [0.1, 0.15) is 57.0 Å². The number of benzene rings is 2. The summed E-state index contributed by atoms with van der Waals surface area (Å²) in [5.74, 6) is -1.03. The van der Waals surface area contributed by atoms with E-state index in [9.17, 15) is 9.90 Å². The van der Waals surface area contributed by atoms with Gasteiger partial charge in [-0.05, 0) is 68.5 Å². The van der Waals surface area contributed by atoms with Crippen molar-refractivity contribution in [2.75, 3.05) is 0 Å². The van der Waals surface area contributed by atoms with Gasteiger partial charge in [-0.3, -0.25) is 4.98 Å². The first-order valence-electron chi connectivity index (χ1n) is 10.3. The molecule has 0 aliphatic rings. The summed E-state index contributed by atoms with van der Waals surface area (Å²) in [6, 6.07) is 13.7. The molecule has 3 rings (SSSR count). The van der Waals surface area contributed by atoms with Gasteiger partial charge in [-0.15, -0.1) is 0 Å². The second kappa shape index (κ2) is 8.75. The molecule has 0 saturated heterocycles. The lowest BCUT2D eigenvalue weighted by Crippen LogP contribution is -2.30. The van der Waals surface area contributed by atoms with Gasteiger partial charge in [0.15, 0.2) is 6.10 Å². The van der Waals surface area contributed by atoms with Crippen LogP contribution in [-0.2, 0) is 16.0 Å². The van der Waals surface area contributed by atoms with Crippen molar-refractivity contribution in [1.29, 1.82) is 0 Å². The van der Waals surface area contributed by atoms with E-state index < -0.39 is 17.7 Å². The van der Waals surface area contributed by atoms with Crippen LogP contribution in [0.25, 0.3) is 22.0 Å². The molecule has 4 nitrogen and oxygen atoms in total. The highest BCUT2D eigenvalue weighted by atomic mass is 35.5. The van der Waals surface area contributed by atoms with E-state index in [-0.39, 0.29) is 0 Å². The minimum Gasteiger partial charge on any atom is -0.479 e. The Hall–Kier alpha value is -2.43. The van der Waals surface area contributed by atoms with Gasteiger partial charge in [-0.2, -0.15) is 0 Å². The zero-order valence-electron chi connectivity index (χ0n) is 18.1. The first kappa shape index (κ1) is 22.3. The maximum Gasteiger partial charge on any atom is 0.337 e. The van der Waals surface area contributed by atoms with Crippen molar-refractivity contribution in [3.8, 4) is 11.1 Å². The lowest BCUT2D eigenvalue weighted by atomic mass is 9.90. The molecule has 1 aromatic heterocycles. The van der Waals surface area contributed by atoms with Crippen molar-refractivity contribution in [3.05, 3.63) is 64.3 Å². The van der Waals surface area contributed by atoms with Crippen molar-refractivity contribution in [3.63, 3.8) is 0 Å². The van der Waals surface area contributed by atoms with E-state index in [1.54, 1.807) is 6.07 Å². The normalized spacial score (nSPS) is 12.9. The highest BCUT2D eigenvalue weighted by Crippen LogP contribution is 2.40. The molecular formula is C25H28ClNO3. The summed E-state index contributed by atoms with van der Waals surface area (Å²) >= 11 is 6.31. The Bertz CT molecular complexity index is 1070. The Kier molecular flexibility index (Phi) is 6.49. The van der Waals surface area contributed by atoms with Crippen LogP contribution in [0.2, 0.25) is 5.02 Å². The van der Waals surface area contributed by atoms with Gasteiger partial charge in [-0.1, -0.05) is 49.7 Å². The fraction of sp³-hybridized carbons (Fsp3) is 0.360. The summed E-state index contributed by atoms with van der Waals surface area (Å²) in [6.07, 6.45) is 0.473. The predicted octanol–water partition coefficient (Wildman–Crippen LogP) is 6.76. The molecular weight excluding hydrogens is 398 g/mol. The fourth-order valence-electron chi connectivity index (χ4n) is 3.55. The number of pyridine rings is 1. The zero-order chi connectivity index (χ0) is 22.1. The Balaban J connectivity index is 2.36. The topological polar surface area (TPSA) is 59.4 Å². The molecule has 0 aliphatic carbocycles. The van der Waals surface area contributed by atoms with Crippen molar-refractivity contribution >= 4 is 28.5 Å². The van der Waals surface area contributed by atoms with E-state index in [0.717, 1.165) is 28.5 Å². The SMILES string of the molecule is CCc1ccc(-c2c(C(OC(C)(C)CC)C(=O)O)c(C)nc3ccc(Cl)cc23)cc1. The van der Waals surface area contributed by atoms with E-state index >= 15 is 0 Å². The third-order valence-electron chi connectivity index (χ3n) is 5.60. The molecule has 1 heterocycles. The molecule has 158 valence electrons. The van der Waals surface area contributed by atoms with Crippen molar-refractivity contribution < 1.29 is 14.6 Å². The van der Waals surface area contributed by atoms with Crippen molar-refractivity contribution in [1.82, 2.24) is 4.98 Å². The number of aromatic nitrogens is 1. The molecule has 0 radical (unpaired) electrons. The molecule has 2 aromatic carbocycles. The molecule has 1 atom stereocenters. The summed E-state index contributed by atoms with van der Waals surface area (Å²) in [5, 5.41) is 11.5. The van der Waals surface area contributed by atoms with Gasteiger partial charge in [0.05, 0.1) is 11.1 Å². The van der Waals surface area contributed by atoms with E-state index in [1.807, 2.05) is 52.0 Å². The molecule has 0 spiro atoms. The van der Waals surface area contributed by atoms with Crippen LogP contribution in [0.4, 0.5) is 0 Å². The summed E-state index contributed by atoms with van der Waals surface area (Å²) in [7, 11) is 0. The maximum atomic E-state index is 12.4. The minimum absolute atomic E-state index is 0.572. The second-order valence-corrected chi connectivity index (χ2v) is 8.58. The summed E-state index contributed by atoms with van der Waals surface area (Å²) in [4.78, 5) is 17.0. The van der Waals surface area contributed by atoms with E-state index in [4.69, 9.17) is 21.3 Å². The van der Waals surface area contributed by atoms with Crippen LogP contribution in [0.15, 0.2) is 42.5 Å². The Morgan fingerprint density at radius 1 is 1.17 bits per heavy atom. The Morgan fingerprint density at radius 3 is 2.40 bits per heavy atom. The number of carbonyl (C=O) groups is 1. The first-order valence-corrected chi connectivity index (χ1v) is 10.6.